The third kappa shape index (κ3) is 33.3. The van der Waals surface area contributed by atoms with Crippen molar-refractivity contribution in [3.05, 3.63) is 97.2 Å². The van der Waals surface area contributed by atoms with E-state index in [1.165, 1.54) is 19.3 Å². The van der Waals surface area contributed by atoms with Crippen molar-refractivity contribution in [2.24, 2.45) is 0 Å². The minimum absolute atomic E-state index is 0.112. The number of phosphoric ester groups is 1. The lowest BCUT2D eigenvalue weighted by atomic mass is 10.1. The highest BCUT2D eigenvalue weighted by molar-refractivity contribution is 7.46. The number of esters is 2. The van der Waals surface area contributed by atoms with E-state index in [1.54, 1.807) is 0 Å². The Balaban J connectivity index is 2.19. The van der Waals surface area contributed by atoms with Gasteiger partial charge in [-0.15, -0.1) is 0 Å². The Morgan fingerprint density at radius 1 is 0.604 bits per heavy atom. The molecule has 1 aliphatic rings. The number of allylic oxidation sites excluding steroid dienone is 14. The van der Waals surface area contributed by atoms with Gasteiger partial charge in [0.1, 0.15) is 6.61 Å². The van der Waals surface area contributed by atoms with E-state index < -0.39 is 32.5 Å². The zero-order chi connectivity index (χ0) is 38.7. The Kier molecular flexibility index (Phi) is 30.3. The molecular weight excluding hydrogens is 691 g/mol. The van der Waals surface area contributed by atoms with Gasteiger partial charge < -0.3 is 24.0 Å². The maximum Gasteiger partial charge on any atom is 0.469 e. The zero-order valence-electron chi connectivity index (χ0n) is 32.3. The summed E-state index contributed by atoms with van der Waals surface area (Å²) in [6.45, 7) is 3.41. The summed E-state index contributed by atoms with van der Waals surface area (Å²) in [4.78, 5) is 42.8. The Morgan fingerprint density at radius 2 is 1.06 bits per heavy atom. The summed E-state index contributed by atoms with van der Waals surface area (Å²) in [7, 11) is -4.79. The first-order chi connectivity index (χ1) is 25.7. The highest BCUT2D eigenvalue weighted by Crippen LogP contribution is 2.36. The van der Waals surface area contributed by atoms with Crippen LogP contribution in [0.4, 0.5) is 0 Å². The predicted molar refractivity (Wildman–Crippen MR) is 215 cm³/mol. The van der Waals surface area contributed by atoms with Gasteiger partial charge >= 0.3 is 19.8 Å². The molecule has 0 aromatic carbocycles. The van der Waals surface area contributed by atoms with Gasteiger partial charge in [0.05, 0.1) is 18.8 Å². The van der Waals surface area contributed by atoms with Gasteiger partial charge in [-0.2, -0.15) is 0 Å². The lowest BCUT2D eigenvalue weighted by Gasteiger charge is -2.18. The normalized spacial score (nSPS) is 17.4. The molecule has 0 radical (unpaired) electrons. The summed E-state index contributed by atoms with van der Waals surface area (Å²) >= 11 is 0. The summed E-state index contributed by atoms with van der Waals surface area (Å²) in [5, 5.41) is 0. The van der Waals surface area contributed by atoms with Gasteiger partial charge in [0.25, 0.3) is 0 Å². The number of carbonyl (C=O) groups excluding carboxylic acids is 2. The number of carbonyl (C=O) groups is 2. The van der Waals surface area contributed by atoms with E-state index in [0.29, 0.717) is 25.7 Å². The number of rotatable bonds is 33. The second kappa shape index (κ2) is 33.5. The number of hydrogen-bond acceptors (Lipinski definition) is 7. The van der Waals surface area contributed by atoms with Crippen LogP contribution in [-0.2, 0) is 32.9 Å². The van der Waals surface area contributed by atoms with Crippen LogP contribution in [0.1, 0.15) is 129 Å². The SMILES string of the molecule is CC/C=C\C/C=C\C/C=C\C/C=C\C/C=C\CCCC(=O)O[C@H](COC(=O)CCC/C=C\CC1OC1C/C=C\C/C=C\CCCCC)COP(=O)(O)O. The molecule has 0 aromatic rings. The van der Waals surface area contributed by atoms with E-state index in [0.717, 1.165) is 57.8 Å². The van der Waals surface area contributed by atoms with Crippen molar-refractivity contribution >= 4 is 19.8 Å². The topological polar surface area (TPSA) is 132 Å². The van der Waals surface area contributed by atoms with Gasteiger partial charge in [-0.25, -0.2) is 4.57 Å². The fraction of sp³-hybridized carbons (Fsp3) is 0.581. The molecule has 9 nitrogen and oxygen atoms in total. The number of phosphoric acid groups is 1. The molecule has 2 unspecified atom stereocenters. The Hall–Kier alpha value is -3.07. The van der Waals surface area contributed by atoms with E-state index in [4.69, 9.17) is 24.0 Å². The van der Waals surface area contributed by atoms with Gasteiger partial charge in [0, 0.05) is 12.8 Å². The first kappa shape index (κ1) is 48.0. The quantitative estimate of drug-likeness (QED) is 0.0221. The second-order valence-corrected chi connectivity index (χ2v) is 14.1. The average molecular weight is 759 g/mol. The van der Waals surface area contributed by atoms with Crippen LogP contribution in [0.2, 0.25) is 0 Å². The molecule has 53 heavy (non-hydrogen) atoms. The number of hydrogen-bond donors (Lipinski definition) is 2. The largest absolute Gasteiger partial charge is 0.469 e. The molecular formula is C43H67O9P. The summed E-state index contributed by atoms with van der Waals surface area (Å²) in [5.74, 6) is -1.04. The molecule has 0 saturated carbocycles. The third-order valence-corrected chi connectivity index (χ3v) is 8.47. The lowest BCUT2D eigenvalue weighted by molar-refractivity contribution is -0.161. The van der Waals surface area contributed by atoms with Crippen LogP contribution in [0.15, 0.2) is 97.2 Å². The summed E-state index contributed by atoms with van der Waals surface area (Å²) in [5.41, 5.74) is 0. The van der Waals surface area contributed by atoms with Crippen molar-refractivity contribution in [3.63, 3.8) is 0 Å². The van der Waals surface area contributed by atoms with Crippen molar-refractivity contribution in [2.45, 2.75) is 148 Å². The smallest absolute Gasteiger partial charge is 0.462 e. The number of ether oxygens (including phenoxy) is 3. The number of unbranched alkanes of at least 4 members (excludes halogenated alkanes) is 5. The first-order valence-electron chi connectivity index (χ1n) is 19.7. The summed E-state index contributed by atoms with van der Waals surface area (Å²) in [6.07, 6.45) is 48.8. The standard InChI is InChI=1S/C43H67O9P/c1-3-5-7-9-11-13-14-15-16-17-18-19-20-22-24-26-32-36-43(45)51-39(38-50-53(46,47)48)37-49-42(44)35-31-28-27-30-34-41-40(52-41)33-29-25-23-21-12-10-8-6-4-2/h5,7,11-13,15-16,18-19,21-22,24-25,27,29-30,39-41H,3-4,6,8-10,14,17,20,23,26,28,31-38H2,1-2H3,(H2,46,47,48)/b7-5-,13-11-,16-15-,19-18-,21-12-,24-22-,29-25-,30-27-/t39-,40?,41?/m1/s1. The van der Waals surface area contributed by atoms with E-state index in [9.17, 15) is 14.2 Å². The third-order valence-electron chi connectivity index (χ3n) is 7.99. The molecule has 0 amide bonds. The van der Waals surface area contributed by atoms with Crippen LogP contribution in [-0.4, -0.2) is 53.3 Å². The van der Waals surface area contributed by atoms with E-state index in [1.807, 2.05) is 18.2 Å². The Bertz CT molecular complexity index is 1240. The zero-order valence-corrected chi connectivity index (χ0v) is 33.2. The Labute approximate surface area is 319 Å². The van der Waals surface area contributed by atoms with Crippen LogP contribution in [0.25, 0.3) is 0 Å². The van der Waals surface area contributed by atoms with Crippen LogP contribution >= 0.6 is 7.82 Å². The second-order valence-electron chi connectivity index (χ2n) is 12.9. The molecule has 3 atom stereocenters. The lowest BCUT2D eigenvalue weighted by Crippen LogP contribution is -2.29. The Morgan fingerprint density at radius 3 is 1.58 bits per heavy atom. The van der Waals surface area contributed by atoms with Gasteiger partial charge in [-0.05, 0) is 89.9 Å². The van der Waals surface area contributed by atoms with Crippen LogP contribution < -0.4 is 0 Å². The molecule has 1 saturated heterocycles. The summed E-state index contributed by atoms with van der Waals surface area (Å²) < 4.78 is 32.0. The maximum absolute atomic E-state index is 12.4. The fourth-order valence-electron chi connectivity index (χ4n) is 4.97. The molecule has 0 bridgehead atoms. The van der Waals surface area contributed by atoms with Gasteiger partial charge in [-0.1, -0.05) is 124 Å². The van der Waals surface area contributed by atoms with Crippen molar-refractivity contribution in [2.75, 3.05) is 13.2 Å². The maximum atomic E-state index is 12.4. The highest BCUT2D eigenvalue weighted by atomic mass is 31.2. The van der Waals surface area contributed by atoms with Crippen molar-refractivity contribution in [1.82, 2.24) is 0 Å². The molecule has 2 N–H and O–H groups in total. The molecule has 1 heterocycles. The van der Waals surface area contributed by atoms with Crippen LogP contribution in [0.3, 0.4) is 0 Å². The van der Waals surface area contributed by atoms with Crippen molar-refractivity contribution < 1.29 is 42.7 Å². The molecule has 1 rings (SSSR count). The molecule has 10 heteroatoms. The summed E-state index contributed by atoms with van der Waals surface area (Å²) in [6, 6.07) is 0. The minimum atomic E-state index is -4.79. The molecule has 298 valence electrons. The molecule has 1 fully saturated rings. The fourth-order valence-corrected chi connectivity index (χ4v) is 5.33. The predicted octanol–water partition coefficient (Wildman–Crippen LogP) is 10.8. The minimum Gasteiger partial charge on any atom is -0.462 e. The van der Waals surface area contributed by atoms with E-state index in [2.05, 4.69) is 97.4 Å². The molecule has 0 spiro atoms. The molecule has 0 aromatic heterocycles. The number of epoxide rings is 1. The van der Waals surface area contributed by atoms with E-state index >= 15 is 0 Å². The highest BCUT2D eigenvalue weighted by Gasteiger charge is 2.36. The van der Waals surface area contributed by atoms with Crippen molar-refractivity contribution in [1.29, 1.82) is 0 Å². The van der Waals surface area contributed by atoms with Crippen LogP contribution in [0, 0.1) is 0 Å². The molecule has 0 aliphatic carbocycles. The monoisotopic (exact) mass is 758 g/mol. The van der Waals surface area contributed by atoms with Gasteiger partial charge in [-0.3, -0.25) is 14.1 Å². The average Bonchev–Trinajstić information content (AvgIpc) is 3.88. The van der Waals surface area contributed by atoms with Crippen LogP contribution in [0.5, 0.6) is 0 Å². The first-order valence-corrected chi connectivity index (χ1v) is 21.2. The van der Waals surface area contributed by atoms with Gasteiger partial charge in [0.2, 0.25) is 0 Å². The van der Waals surface area contributed by atoms with E-state index in [-0.39, 0.29) is 31.7 Å². The van der Waals surface area contributed by atoms with Gasteiger partial charge in [0.15, 0.2) is 6.10 Å². The molecule has 1 aliphatic heterocycles. The van der Waals surface area contributed by atoms with Crippen molar-refractivity contribution in [3.8, 4) is 0 Å².